The van der Waals surface area contributed by atoms with Crippen molar-refractivity contribution in [2.75, 3.05) is 0 Å². The summed E-state index contributed by atoms with van der Waals surface area (Å²) in [4.78, 5) is 0. The van der Waals surface area contributed by atoms with Crippen molar-refractivity contribution >= 4 is 0 Å². The molecule has 10 atom stereocenters. The van der Waals surface area contributed by atoms with Crippen molar-refractivity contribution in [2.45, 2.75) is 142 Å². The van der Waals surface area contributed by atoms with Crippen LogP contribution in [0.4, 0.5) is 0 Å². The van der Waals surface area contributed by atoms with Crippen LogP contribution < -0.4 is 5.73 Å². The molecule has 198 valence electrons. The van der Waals surface area contributed by atoms with Crippen molar-refractivity contribution < 1.29 is 15.3 Å². The third kappa shape index (κ3) is 3.75. The highest BCUT2D eigenvalue weighted by atomic mass is 16.4. The van der Waals surface area contributed by atoms with E-state index in [0.29, 0.717) is 36.0 Å². The van der Waals surface area contributed by atoms with Crippen LogP contribution in [0.3, 0.4) is 0 Å². The Morgan fingerprint density at radius 3 is 2.21 bits per heavy atom. The average molecular weight is 478 g/mol. The highest BCUT2D eigenvalue weighted by Crippen LogP contribution is 2.71. The Morgan fingerprint density at radius 1 is 0.912 bits per heavy atom. The number of nitrogens with two attached hydrogens (primary N) is 1. The predicted molar refractivity (Wildman–Crippen MR) is 139 cm³/mol. The van der Waals surface area contributed by atoms with Crippen molar-refractivity contribution in [3.05, 3.63) is 0 Å². The molecular weight excluding hydrogens is 422 g/mol. The molecule has 4 fully saturated rings. The van der Waals surface area contributed by atoms with Crippen molar-refractivity contribution in [1.82, 2.24) is 0 Å². The quantitative estimate of drug-likeness (QED) is 0.397. The molecule has 0 bridgehead atoms. The Bertz CT molecular complexity index is 748. The lowest BCUT2D eigenvalue weighted by Gasteiger charge is -2.71. The fourth-order valence-electron chi connectivity index (χ4n) is 10.2. The maximum Gasteiger partial charge on any atom is 0.111 e. The van der Waals surface area contributed by atoms with Crippen LogP contribution in [0.15, 0.2) is 0 Å². The molecule has 0 saturated heterocycles. The number of aliphatic hydroxyl groups is 3. The summed E-state index contributed by atoms with van der Waals surface area (Å²) in [6.45, 7) is 15.7. The summed E-state index contributed by atoms with van der Waals surface area (Å²) < 4.78 is 0. The summed E-state index contributed by atoms with van der Waals surface area (Å²) in [6, 6.07) is 0. The molecule has 4 aliphatic rings. The lowest BCUT2D eigenvalue weighted by molar-refractivity contribution is -0.321. The lowest BCUT2D eigenvalue weighted by Crippen LogP contribution is -2.80. The lowest BCUT2D eigenvalue weighted by atomic mass is 9.38. The smallest absolute Gasteiger partial charge is 0.111 e. The number of rotatable bonds is 6. The number of hydrogen-bond donors (Lipinski definition) is 4. The van der Waals surface area contributed by atoms with Gasteiger partial charge in [0, 0.05) is 17.4 Å². The molecule has 5 N–H and O–H groups in total. The second-order valence-electron chi connectivity index (χ2n) is 14.9. The predicted octanol–water partition coefficient (Wildman–Crippen LogP) is 5.66. The number of fused-ring (bicyclic) bond motifs is 5. The monoisotopic (exact) mass is 477 g/mol. The van der Waals surface area contributed by atoms with Crippen LogP contribution in [-0.4, -0.2) is 38.2 Å². The molecule has 0 aromatic carbocycles. The molecular formula is C30H55NO3. The van der Waals surface area contributed by atoms with E-state index in [-0.39, 0.29) is 6.42 Å². The summed E-state index contributed by atoms with van der Waals surface area (Å²) in [6.07, 6.45) is 10.6. The zero-order valence-corrected chi connectivity index (χ0v) is 23.2. The molecule has 4 aliphatic carbocycles. The SMILES string of the molecule is CC(C)CCC[C@@H](C)[C@H]1CC[C@H]2[C@@H]3C[C@](O)(C(C)(C)N)[C@@]4(O)C[C@@H](O)CC[C@]4(C)[C@H]3CC[C@]12C. The maximum absolute atomic E-state index is 12.3. The van der Waals surface area contributed by atoms with Crippen LogP contribution in [0.2, 0.25) is 0 Å². The van der Waals surface area contributed by atoms with E-state index >= 15 is 0 Å². The normalized spacial score (nSPS) is 49.9. The van der Waals surface area contributed by atoms with Crippen LogP contribution in [-0.2, 0) is 0 Å². The van der Waals surface area contributed by atoms with E-state index < -0.39 is 28.3 Å². The van der Waals surface area contributed by atoms with E-state index in [9.17, 15) is 15.3 Å². The van der Waals surface area contributed by atoms with Gasteiger partial charge in [-0.25, -0.2) is 0 Å². The summed E-state index contributed by atoms with van der Waals surface area (Å²) >= 11 is 0. The second-order valence-corrected chi connectivity index (χ2v) is 14.9. The largest absolute Gasteiger partial charge is 0.393 e. The minimum absolute atomic E-state index is 0.237. The average Bonchev–Trinajstić information content (AvgIpc) is 3.07. The van der Waals surface area contributed by atoms with Gasteiger partial charge in [0.1, 0.15) is 11.2 Å². The highest BCUT2D eigenvalue weighted by molar-refractivity contribution is 5.26. The van der Waals surface area contributed by atoms with Crippen molar-refractivity contribution in [1.29, 1.82) is 0 Å². The molecule has 0 aromatic rings. The van der Waals surface area contributed by atoms with Crippen LogP contribution in [0.1, 0.15) is 119 Å². The molecule has 4 heteroatoms. The maximum atomic E-state index is 12.3. The molecule has 0 unspecified atom stereocenters. The van der Waals surface area contributed by atoms with Crippen molar-refractivity contribution in [3.8, 4) is 0 Å². The molecule has 0 aromatic heterocycles. The van der Waals surface area contributed by atoms with E-state index in [2.05, 4.69) is 34.6 Å². The molecule has 0 heterocycles. The number of aliphatic hydroxyl groups excluding tert-OH is 1. The Hall–Kier alpha value is -0.160. The first kappa shape index (κ1) is 26.9. The minimum atomic E-state index is -1.41. The zero-order chi connectivity index (χ0) is 25.3. The van der Waals surface area contributed by atoms with E-state index in [0.717, 1.165) is 30.6 Å². The first-order valence-electron chi connectivity index (χ1n) is 14.5. The van der Waals surface area contributed by atoms with E-state index in [1.165, 1.54) is 38.5 Å². The molecule has 0 spiro atoms. The van der Waals surface area contributed by atoms with Gasteiger partial charge >= 0.3 is 0 Å². The summed E-state index contributed by atoms with van der Waals surface area (Å²) in [5.41, 5.74) is 2.90. The molecule has 34 heavy (non-hydrogen) atoms. The molecule has 0 aliphatic heterocycles. The Labute approximate surface area is 209 Å². The van der Waals surface area contributed by atoms with Crippen LogP contribution in [0.25, 0.3) is 0 Å². The van der Waals surface area contributed by atoms with Gasteiger partial charge in [-0.3, -0.25) is 0 Å². The fourth-order valence-corrected chi connectivity index (χ4v) is 10.2. The third-order valence-corrected chi connectivity index (χ3v) is 12.2. The Morgan fingerprint density at radius 2 is 1.59 bits per heavy atom. The first-order chi connectivity index (χ1) is 15.6. The molecule has 0 radical (unpaired) electrons. The highest BCUT2D eigenvalue weighted by Gasteiger charge is 2.74. The van der Waals surface area contributed by atoms with Gasteiger partial charge in [-0.05, 0) is 99.7 Å². The number of hydrogen-bond acceptors (Lipinski definition) is 4. The van der Waals surface area contributed by atoms with Gasteiger partial charge in [-0.1, -0.05) is 53.9 Å². The van der Waals surface area contributed by atoms with Gasteiger partial charge in [0.25, 0.3) is 0 Å². The fraction of sp³-hybridized carbons (Fsp3) is 1.00. The minimum Gasteiger partial charge on any atom is -0.393 e. The van der Waals surface area contributed by atoms with E-state index in [1.807, 2.05) is 13.8 Å². The Kier molecular flexibility index (Phi) is 6.89. The molecule has 4 saturated carbocycles. The van der Waals surface area contributed by atoms with Crippen molar-refractivity contribution in [3.63, 3.8) is 0 Å². The summed E-state index contributed by atoms with van der Waals surface area (Å²) in [5.74, 6) is 3.65. The van der Waals surface area contributed by atoms with Crippen molar-refractivity contribution in [2.24, 2.45) is 52.1 Å². The van der Waals surface area contributed by atoms with Gasteiger partial charge in [0.15, 0.2) is 0 Å². The van der Waals surface area contributed by atoms with Gasteiger partial charge < -0.3 is 21.1 Å². The van der Waals surface area contributed by atoms with E-state index in [1.54, 1.807) is 0 Å². The summed E-state index contributed by atoms with van der Waals surface area (Å²) in [5, 5.41) is 35.3. The standard InChI is InChI=1S/C30H55NO3/c1-19(2)9-8-10-20(3)23-11-12-24-22-18-29(33,26(4,5)31)30(34)17-21(32)13-16-28(30,7)25(22)14-15-27(23,24)6/h19-25,32-34H,8-18,31H2,1-7H3/t20-,21+,22+,23-,24+,25+,27-,28-,29+,30-/m1/s1. The van der Waals surface area contributed by atoms with Gasteiger partial charge in [-0.2, -0.15) is 0 Å². The molecule has 0 amide bonds. The van der Waals surface area contributed by atoms with Gasteiger partial charge in [-0.15, -0.1) is 0 Å². The molecule has 4 nitrogen and oxygen atoms in total. The summed E-state index contributed by atoms with van der Waals surface area (Å²) in [7, 11) is 0. The topological polar surface area (TPSA) is 86.7 Å². The first-order valence-corrected chi connectivity index (χ1v) is 14.5. The second kappa shape index (κ2) is 8.71. The Balaban J connectivity index is 1.66. The van der Waals surface area contributed by atoms with Crippen LogP contribution in [0.5, 0.6) is 0 Å². The molecule has 4 rings (SSSR count). The third-order valence-electron chi connectivity index (χ3n) is 12.2. The van der Waals surface area contributed by atoms with Crippen LogP contribution in [0, 0.1) is 46.3 Å². The van der Waals surface area contributed by atoms with Gasteiger partial charge in [0.2, 0.25) is 0 Å². The van der Waals surface area contributed by atoms with E-state index in [4.69, 9.17) is 5.73 Å². The zero-order valence-electron chi connectivity index (χ0n) is 23.2. The van der Waals surface area contributed by atoms with Crippen LogP contribution >= 0.6 is 0 Å². The van der Waals surface area contributed by atoms with Gasteiger partial charge in [0.05, 0.1) is 6.10 Å².